The number of rotatable bonds is 14. The van der Waals surface area contributed by atoms with Crippen LogP contribution in [-0.2, 0) is 9.59 Å². The van der Waals surface area contributed by atoms with Crippen molar-refractivity contribution in [3.63, 3.8) is 0 Å². The lowest BCUT2D eigenvalue weighted by molar-refractivity contribution is -0.130. The molecular formula is C16H34N4O2. The lowest BCUT2D eigenvalue weighted by Crippen LogP contribution is -2.44. The van der Waals surface area contributed by atoms with Gasteiger partial charge in [-0.15, -0.1) is 0 Å². The average Bonchev–Trinajstić information content (AvgIpc) is 2.52. The molecule has 0 unspecified atom stereocenters. The minimum Gasteiger partial charge on any atom is -0.346 e. The molecule has 0 aromatic rings. The Morgan fingerprint density at radius 1 is 0.909 bits per heavy atom. The molecule has 0 heterocycles. The van der Waals surface area contributed by atoms with Gasteiger partial charge in [0.15, 0.2) is 5.78 Å². The monoisotopic (exact) mass is 314 g/mol. The van der Waals surface area contributed by atoms with Crippen molar-refractivity contribution in [2.75, 3.05) is 19.6 Å². The SMILES string of the molecule is CC[C@@H](CCCCN)C(=O)N[C@@H](CCCN)C(=O)CCCN. The van der Waals surface area contributed by atoms with E-state index in [-0.39, 0.29) is 17.6 Å². The standard InChI is InChI=1S/C16H34N4O2/c1-2-13(7-3-4-10-17)16(22)20-14(8-5-11-18)15(21)9-6-12-19/h13-14H,2-12,17-19H2,1H3,(H,20,22)/t13-,14-/m0/s1. The number of unbranched alkanes of at least 4 members (excludes halogenated alkanes) is 1. The molecule has 0 aromatic carbocycles. The van der Waals surface area contributed by atoms with Gasteiger partial charge in [0.1, 0.15) is 0 Å². The molecule has 0 aliphatic rings. The van der Waals surface area contributed by atoms with Crippen molar-refractivity contribution in [3.05, 3.63) is 0 Å². The largest absolute Gasteiger partial charge is 0.346 e. The number of nitrogens with two attached hydrogens (primary N) is 3. The van der Waals surface area contributed by atoms with Gasteiger partial charge in [0.2, 0.25) is 5.91 Å². The van der Waals surface area contributed by atoms with Gasteiger partial charge in [-0.3, -0.25) is 9.59 Å². The first-order valence-corrected chi connectivity index (χ1v) is 8.53. The minimum absolute atomic E-state index is 0.0253. The zero-order valence-electron chi connectivity index (χ0n) is 14.0. The molecule has 0 bridgehead atoms. The predicted molar refractivity (Wildman–Crippen MR) is 90.2 cm³/mol. The Morgan fingerprint density at radius 3 is 2.09 bits per heavy atom. The molecular weight excluding hydrogens is 280 g/mol. The maximum Gasteiger partial charge on any atom is 0.223 e. The molecule has 1 amide bonds. The number of hydrogen-bond donors (Lipinski definition) is 4. The van der Waals surface area contributed by atoms with E-state index in [1.165, 1.54) is 0 Å². The van der Waals surface area contributed by atoms with Gasteiger partial charge >= 0.3 is 0 Å². The van der Waals surface area contributed by atoms with Crippen LogP contribution in [0.4, 0.5) is 0 Å². The summed E-state index contributed by atoms with van der Waals surface area (Å²) in [6.45, 7) is 3.65. The first-order chi connectivity index (χ1) is 10.6. The highest BCUT2D eigenvalue weighted by molar-refractivity contribution is 5.89. The summed E-state index contributed by atoms with van der Waals surface area (Å²) in [6, 6.07) is -0.425. The van der Waals surface area contributed by atoms with E-state index >= 15 is 0 Å². The van der Waals surface area contributed by atoms with Crippen LogP contribution in [0.1, 0.15) is 58.3 Å². The van der Waals surface area contributed by atoms with Crippen LogP contribution in [0.5, 0.6) is 0 Å². The van der Waals surface area contributed by atoms with E-state index in [0.717, 1.165) is 32.1 Å². The van der Waals surface area contributed by atoms with E-state index < -0.39 is 6.04 Å². The Morgan fingerprint density at radius 2 is 1.55 bits per heavy atom. The van der Waals surface area contributed by atoms with Crippen LogP contribution in [0.25, 0.3) is 0 Å². The molecule has 0 radical (unpaired) electrons. The molecule has 0 saturated heterocycles. The van der Waals surface area contributed by atoms with Crippen LogP contribution in [0.3, 0.4) is 0 Å². The Kier molecular flexibility index (Phi) is 13.1. The van der Waals surface area contributed by atoms with Crippen molar-refractivity contribution in [2.24, 2.45) is 23.1 Å². The molecule has 0 aromatic heterocycles. The quantitative estimate of drug-likeness (QED) is 0.351. The smallest absolute Gasteiger partial charge is 0.223 e. The molecule has 0 saturated carbocycles. The van der Waals surface area contributed by atoms with Crippen LogP contribution in [0, 0.1) is 5.92 Å². The summed E-state index contributed by atoms with van der Waals surface area (Å²) in [5.41, 5.74) is 16.5. The fraction of sp³-hybridized carbons (Fsp3) is 0.875. The molecule has 0 aliphatic carbocycles. The summed E-state index contributed by atoms with van der Waals surface area (Å²) in [5, 5.41) is 2.92. The second-order valence-corrected chi connectivity index (χ2v) is 5.74. The van der Waals surface area contributed by atoms with Gasteiger partial charge in [0.25, 0.3) is 0 Å². The lowest BCUT2D eigenvalue weighted by Gasteiger charge is -2.21. The van der Waals surface area contributed by atoms with Gasteiger partial charge in [0, 0.05) is 12.3 Å². The van der Waals surface area contributed by atoms with E-state index in [1.54, 1.807) is 0 Å². The first-order valence-electron chi connectivity index (χ1n) is 8.53. The highest BCUT2D eigenvalue weighted by atomic mass is 16.2. The van der Waals surface area contributed by atoms with E-state index in [0.29, 0.717) is 38.9 Å². The summed E-state index contributed by atoms with van der Waals surface area (Å²) >= 11 is 0. The third-order valence-electron chi connectivity index (χ3n) is 3.90. The third-order valence-corrected chi connectivity index (χ3v) is 3.90. The van der Waals surface area contributed by atoms with Gasteiger partial charge in [-0.25, -0.2) is 0 Å². The third kappa shape index (κ3) is 9.12. The lowest BCUT2D eigenvalue weighted by atomic mass is 9.96. The number of carbonyl (C=O) groups excluding carboxylic acids is 2. The van der Waals surface area contributed by atoms with Crippen molar-refractivity contribution in [1.29, 1.82) is 0 Å². The van der Waals surface area contributed by atoms with Crippen molar-refractivity contribution in [1.82, 2.24) is 5.32 Å². The van der Waals surface area contributed by atoms with Crippen LogP contribution in [0.15, 0.2) is 0 Å². The zero-order valence-corrected chi connectivity index (χ0v) is 14.0. The van der Waals surface area contributed by atoms with Gasteiger partial charge in [-0.1, -0.05) is 13.3 Å². The maximum absolute atomic E-state index is 12.4. The van der Waals surface area contributed by atoms with Gasteiger partial charge in [0.05, 0.1) is 6.04 Å². The molecule has 6 heteroatoms. The average molecular weight is 314 g/mol. The molecule has 0 aliphatic heterocycles. The molecule has 0 rings (SSSR count). The fourth-order valence-electron chi connectivity index (χ4n) is 2.43. The Balaban J connectivity index is 4.52. The number of amides is 1. The van der Waals surface area contributed by atoms with E-state index in [4.69, 9.17) is 17.2 Å². The van der Waals surface area contributed by atoms with Crippen molar-refractivity contribution >= 4 is 11.7 Å². The van der Waals surface area contributed by atoms with Gasteiger partial charge in [-0.05, 0) is 58.2 Å². The van der Waals surface area contributed by atoms with Crippen molar-refractivity contribution in [2.45, 2.75) is 64.3 Å². The molecule has 7 N–H and O–H groups in total. The molecule has 22 heavy (non-hydrogen) atoms. The molecule has 6 nitrogen and oxygen atoms in total. The summed E-state index contributed by atoms with van der Waals surface area (Å²) in [4.78, 5) is 24.6. The highest BCUT2D eigenvalue weighted by Gasteiger charge is 2.23. The maximum atomic E-state index is 12.4. The van der Waals surface area contributed by atoms with Gasteiger partial charge < -0.3 is 22.5 Å². The fourth-order valence-corrected chi connectivity index (χ4v) is 2.43. The van der Waals surface area contributed by atoms with Crippen molar-refractivity contribution in [3.8, 4) is 0 Å². The summed E-state index contributed by atoms with van der Waals surface area (Å²) in [5.74, 6) is -0.0130. The molecule has 2 atom stereocenters. The predicted octanol–water partition coefficient (Wildman–Crippen LogP) is 0.673. The Labute approximate surface area is 134 Å². The normalized spacial score (nSPS) is 13.6. The highest BCUT2D eigenvalue weighted by Crippen LogP contribution is 2.14. The Bertz CT molecular complexity index is 311. The van der Waals surface area contributed by atoms with Crippen LogP contribution in [0.2, 0.25) is 0 Å². The topological polar surface area (TPSA) is 124 Å². The van der Waals surface area contributed by atoms with Crippen LogP contribution < -0.4 is 22.5 Å². The number of carbonyl (C=O) groups is 2. The Hall–Kier alpha value is -0.980. The summed E-state index contributed by atoms with van der Waals surface area (Å²) in [6.07, 6.45) is 5.86. The second kappa shape index (κ2) is 13.7. The minimum atomic E-state index is -0.425. The number of Topliss-reactive ketones (excluding diaryl/α,β-unsaturated/α-hetero) is 1. The molecule has 0 spiro atoms. The summed E-state index contributed by atoms with van der Waals surface area (Å²) < 4.78 is 0. The van der Waals surface area contributed by atoms with E-state index in [2.05, 4.69) is 5.32 Å². The number of hydrogen-bond acceptors (Lipinski definition) is 5. The van der Waals surface area contributed by atoms with E-state index in [9.17, 15) is 9.59 Å². The van der Waals surface area contributed by atoms with Gasteiger partial charge in [-0.2, -0.15) is 0 Å². The van der Waals surface area contributed by atoms with E-state index in [1.807, 2.05) is 6.92 Å². The summed E-state index contributed by atoms with van der Waals surface area (Å²) in [7, 11) is 0. The number of nitrogens with one attached hydrogen (secondary N) is 1. The molecule has 0 fully saturated rings. The van der Waals surface area contributed by atoms with Crippen molar-refractivity contribution < 1.29 is 9.59 Å². The van der Waals surface area contributed by atoms with Crippen LogP contribution >= 0.6 is 0 Å². The first kappa shape index (κ1) is 21.0. The van der Waals surface area contributed by atoms with Crippen LogP contribution in [-0.4, -0.2) is 37.4 Å². The second-order valence-electron chi connectivity index (χ2n) is 5.74. The molecule has 130 valence electrons. The zero-order chi connectivity index (χ0) is 16.8. The number of ketones is 1.